The number of nitrogen functional groups attached to an aromatic ring is 1. The van der Waals surface area contributed by atoms with Crippen molar-refractivity contribution in [3.05, 3.63) is 36.5 Å². The molecule has 0 unspecified atom stereocenters. The Bertz CT molecular complexity index is 645. The standard InChI is InChI=1S/C10H9N7O/c11-8-5-17(16-14-8)6-9-13-10(15-18-9)7-3-1-2-4-12-7/h1-5H,6,11H2. The van der Waals surface area contributed by atoms with E-state index in [0.717, 1.165) is 0 Å². The van der Waals surface area contributed by atoms with Gasteiger partial charge in [-0.05, 0) is 12.1 Å². The van der Waals surface area contributed by atoms with Crippen molar-refractivity contribution < 1.29 is 4.52 Å². The monoisotopic (exact) mass is 243 g/mol. The third kappa shape index (κ3) is 2.03. The van der Waals surface area contributed by atoms with Crippen molar-refractivity contribution in [2.24, 2.45) is 0 Å². The molecule has 3 heterocycles. The number of nitrogens with zero attached hydrogens (tertiary/aromatic N) is 6. The van der Waals surface area contributed by atoms with E-state index in [-0.39, 0.29) is 0 Å². The van der Waals surface area contributed by atoms with Crippen LogP contribution in [0.4, 0.5) is 5.82 Å². The summed E-state index contributed by atoms with van der Waals surface area (Å²) in [5.74, 6) is 1.21. The van der Waals surface area contributed by atoms with E-state index in [4.69, 9.17) is 10.3 Å². The van der Waals surface area contributed by atoms with Gasteiger partial charge in [0.1, 0.15) is 12.2 Å². The Labute approximate surface area is 101 Å². The fraction of sp³-hybridized carbons (Fsp3) is 0.100. The zero-order chi connectivity index (χ0) is 12.4. The second-order valence-electron chi connectivity index (χ2n) is 3.57. The van der Waals surface area contributed by atoms with E-state index in [9.17, 15) is 0 Å². The van der Waals surface area contributed by atoms with Crippen LogP contribution in [0.1, 0.15) is 5.89 Å². The van der Waals surface area contributed by atoms with Crippen LogP contribution in [-0.2, 0) is 6.54 Å². The molecule has 0 aromatic carbocycles. The summed E-state index contributed by atoms with van der Waals surface area (Å²) >= 11 is 0. The Morgan fingerprint density at radius 2 is 2.28 bits per heavy atom. The fourth-order valence-electron chi connectivity index (χ4n) is 1.45. The summed E-state index contributed by atoms with van der Waals surface area (Å²) in [5.41, 5.74) is 6.12. The molecule has 3 rings (SSSR count). The molecule has 8 nitrogen and oxygen atoms in total. The van der Waals surface area contributed by atoms with Crippen LogP contribution in [0, 0.1) is 0 Å². The highest BCUT2D eigenvalue weighted by Gasteiger charge is 2.10. The summed E-state index contributed by atoms with van der Waals surface area (Å²) in [6, 6.07) is 5.49. The number of hydrogen-bond acceptors (Lipinski definition) is 7. The van der Waals surface area contributed by atoms with Gasteiger partial charge in [0, 0.05) is 6.20 Å². The first-order chi connectivity index (χ1) is 8.81. The number of rotatable bonds is 3. The Morgan fingerprint density at radius 1 is 1.33 bits per heavy atom. The molecule has 3 aromatic heterocycles. The van der Waals surface area contributed by atoms with E-state index in [1.165, 1.54) is 4.68 Å². The zero-order valence-electron chi connectivity index (χ0n) is 9.26. The van der Waals surface area contributed by atoms with Crippen LogP contribution < -0.4 is 5.73 Å². The Kier molecular flexibility index (Phi) is 2.45. The minimum absolute atomic E-state index is 0.323. The quantitative estimate of drug-likeness (QED) is 0.707. The molecular formula is C10H9N7O. The highest BCUT2D eigenvalue weighted by atomic mass is 16.5. The first-order valence-corrected chi connectivity index (χ1v) is 5.21. The first kappa shape index (κ1) is 10.4. The summed E-state index contributed by atoms with van der Waals surface area (Å²) in [5, 5.41) is 11.3. The van der Waals surface area contributed by atoms with Crippen LogP contribution in [-0.4, -0.2) is 30.1 Å². The topological polar surface area (TPSA) is 109 Å². The van der Waals surface area contributed by atoms with E-state index in [1.54, 1.807) is 12.4 Å². The minimum Gasteiger partial charge on any atom is -0.381 e. The van der Waals surface area contributed by atoms with Gasteiger partial charge in [-0.1, -0.05) is 16.4 Å². The Balaban J connectivity index is 1.82. The number of aromatic nitrogens is 6. The Hall–Kier alpha value is -2.77. The number of nitrogens with two attached hydrogens (primary N) is 1. The van der Waals surface area contributed by atoms with Gasteiger partial charge in [-0.3, -0.25) is 4.98 Å². The number of pyridine rings is 1. The van der Waals surface area contributed by atoms with Gasteiger partial charge in [0.15, 0.2) is 5.82 Å². The van der Waals surface area contributed by atoms with Gasteiger partial charge in [0.25, 0.3) is 0 Å². The molecule has 0 saturated carbocycles. The molecule has 0 bridgehead atoms. The lowest BCUT2D eigenvalue weighted by Crippen LogP contribution is -2.00. The van der Waals surface area contributed by atoms with E-state index in [0.29, 0.717) is 29.8 Å². The molecule has 0 atom stereocenters. The van der Waals surface area contributed by atoms with Gasteiger partial charge >= 0.3 is 0 Å². The summed E-state index contributed by atoms with van der Waals surface area (Å²) in [4.78, 5) is 8.35. The average Bonchev–Trinajstić information content (AvgIpc) is 3.01. The van der Waals surface area contributed by atoms with Crippen molar-refractivity contribution in [3.8, 4) is 11.5 Å². The molecule has 8 heteroatoms. The van der Waals surface area contributed by atoms with Crippen LogP contribution in [0.15, 0.2) is 35.1 Å². The fourth-order valence-corrected chi connectivity index (χ4v) is 1.45. The average molecular weight is 243 g/mol. The molecule has 0 aliphatic carbocycles. The summed E-state index contributed by atoms with van der Waals surface area (Å²) in [6.07, 6.45) is 3.26. The molecule has 0 aliphatic heterocycles. The van der Waals surface area contributed by atoms with Gasteiger partial charge < -0.3 is 10.3 Å². The molecule has 2 N–H and O–H groups in total. The van der Waals surface area contributed by atoms with Crippen LogP contribution in [0.2, 0.25) is 0 Å². The lowest BCUT2D eigenvalue weighted by atomic mass is 10.3. The van der Waals surface area contributed by atoms with Gasteiger partial charge in [-0.2, -0.15) is 4.98 Å². The number of hydrogen-bond donors (Lipinski definition) is 1. The Morgan fingerprint density at radius 3 is 3.00 bits per heavy atom. The summed E-state index contributed by atoms with van der Waals surface area (Å²) < 4.78 is 6.62. The second kappa shape index (κ2) is 4.24. The van der Waals surface area contributed by atoms with Crippen molar-refractivity contribution in [1.82, 2.24) is 30.1 Å². The van der Waals surface area contributed by atoms with Gasteiger partial charge in [-0.15, -0.1) is 5.10 Å². The molecular weight excluding hydrogens is 234 g/mol. The SMILES string of the molecule is Nc1cn(Cc2nc(-c3ccccn3)no2)nn1. The molecule has 0 fully saturated rings. The van der Waals surface area contributed by atoms with E-state index >= 15 is 0 Å². The van der Waals surface area contributed by atoms with Crippen LogP contribution >= 0.6 is 0 Å². The summed E-state index contributed by atoms with van der Waals surface area (Å²) in [7, 11) is 0. The molecule has 3 aromatic rings. The van der Waals surface area contributed by atoms with Crippen molar-refractivity contribution in [3.63, 3.8) is 0 Å². The lowest BCUT2D eigenvalue weighted by Gasteiger charge is -1.92. The maximum absolute atomic E-state index is 5.46. The summed E-state index contributed by atoms with van der Waals surface area (Å²) in [6.45, 7) is 0.323. The third-order valence-electron chi connectivity index (χ3n) is 2.22. The van der Waals surface area contributed by atoms with E-state index in [1.807, 2.05) is 18.2 Å². The number of anilines is 1. The first-order valence-electron chi connectivity index (χ1n) is 5.21. The molecule has 0 aliphatic rings. The van der Waals surface area contributed by atoms with Crippen molar-refractivity contribution in [2.45, 2.75) is 6.54 Å². The van der Waals surface area contributed by atoms with Crippen LogP contribution in [0.5, 0.6) is 0 Å². The van der Waals surface area contributed by atoms with E-state index in [2.05, 4.69) is 25.4 Å². The van der Waals surface area contributed by atoms with Crippen LogP contribution in [0.25, 0.3) is 11.5 Å². The van der Waals surface area contributed by atoms with Crippen molar-refractivity contribution >= 4 is 5.82 Å². The normalized spacial score (nSPS) is 10.7. The molecule has 18 heavy (non-hydrogen) atoms. The minimum atomic E-state index is 0.323. The van der Waals surface area contributed by atoms with Gasteiger partial charge in [0.2, 0.25) is 11.7 Å². The lowest BCUT2D eigenvalue weighted by molar-refractivity contribution is 0.364. The predicted molar refractivity (Wildman–Crippen MR) is 61.1 cm³/mol. The van der Waals surface area contributed by atoms with Crippen molar-refractivity contribution in [1.29, 1.82) is 0 Å². The molecule has 0 radical (unpaired) electrons. The molecule has 90 valence electrons. The third-order valence-corrected chi connectivity index (χ3v) is 2.22. The zero-order valence-corrected chi connectivity index (χ0v) is 9.26. The molecule has 0 spiro atoms. The predicted octanol–water partition coefficient (Wildman–Crippen LogP) is 0.354. The van der Waals surface area contributed by atoms with Crippen LogP contribution in [0.3, 0.4) is 0 Å². The van der Waals surface area contributed by atoms with Gasteiger partial charge in [0.05, 0.1) is 6.20 Å². The second-order valence-corrected chi connectivity index (χ2v) is 3.57. The highest BCUT2D eigenvalue weighted by Crippen LogP contribution is 2.12. The van der Waals surface area contributed by atoms with E-state index < -0.39 is 0 Å². The largest absolute Gasteiger partial charge is 0.381 e. The maximum Gasteiger partial charge on any atom is 0.248 e. The van der Waals surface area contributed by atoms with Crippen molar-refractivity contribution in [2.75, 3.05) is 5.73 Å². The smallest absolute Gasteiger partial charge is 0.248 e. The maximum atomic E-state index is 5.46. The van der Waals surface area contributed by atoms with Gasteiger partial charge in [-0.25, -0.2) is 4.68 Å². The molecule has 0 saturated heterocycles. The molecule has 0 amide bonds. The highest BCUT2D eigenvalue weighted by molar-refractivity contribution is 5.46.